The summed E-state index contributed by atoms with van der Waals surface area (Å²) in [6.07, 6.45) is 5.68. The lowest BCUT2D eigenvalue weighted by Gasteiger charge is -2.57. The van der Waals surface area contributed by atoms with Gasteiger partial charge in [-0.1, -0.05) is 35.5 Å². The molecule has 0 radical (unpaired) electrons. The average Bonchev–Trinajstić information content (AvgIpc) is 2.46. The Hall–Kier alpha value is -1.22. The molecule has 3 heteroatoms. The summed E-state index contributed by atoms with van der Waals surface area (Å²) in [6, 6.07) is 10.5. The van der Waals surface area contributed by atoms with Crippen molar-refractivity contribution in [3.8, 4) is 0 Å². The summed E-state index contributed by atoms with van der Waals surface area (Å²) in [5, 5.41) is 3.43. The van der Waals surface area contributed by atoms with Gasteiger partial charge in [-0.3, -0.25) is 0 Å². The van der Waals surface area contributed by atoms with E-state index in [0.717, 1.165) is 18.8 Å². The maximum Gasteiger partial charge on any atom is 0.0978 e. The lowest BCUT2D eigenvalue weighted by molar-refractivity contribution is -0.174. The van der Waals surface area contributed by atoms with Crippen molar-refractivity contribution in [3.05, 3.63) is 40.8 Å². The minimum atomic E-state index is 0.0352. The van der Waals surface area contributed by atoms with Gasteiger partial charge >= 0.3 is 0 Å². The summed E-state index contributed by atoms with van der Waals surface area (Å²) in [6.45, 7) is 0.701. The maximum atomic E-state index is 11.1. The number of nitroso groups, excluding NO2 is 1. The molecule has 0 aromatic heterocycles. The highest BCUT2D eigenvalue weighted by Gasteiger charge is 2.56. The molecule has 2 atom stereocenters. The maximum absolute atomic E-state index is 11.1. The SMILES string of the molecule is O=NC1C2CC3CC1CC(OCc1ccccc1)(C3)C2. The molecule has 0 heterocycles. The van der Waals surface area contributed by atoms with Crippen LogP contribution in [0.2, 0.25) is 0 Å². The normalized spacial score (nSPS) is 41.8. The quantitative estimate of drug-likeness (QED) is 0.779. The van der Waals surface area contributed by atoms with E-state index in [1.165, 1.54) is 24.8 Å². The van der Waals surface area contributed by atoms with Crippen molar-refractivity contribution in [3.63, 3.8) is 0 Å². The van der Waals surface area contributed by atoms with E-state index in [0.29, 0.717) is 18.4 Å². The second-order valence-corrected chi connectivity index (χ2v) is 7.02. The van der Waals surface area contributed by atoms with Crippen LogP contribution in [0.1, 0.15) is 37.7 Å². The fraction of sp³-hybridized carbons (Fsp3) is 0.647. The van der Waals surface area contributed by atoms with E-state index in [-0.39, 0.29) is 11.6 Å². The standard InChI is InChI=1S/C17H21NO2/c19-18-16-14-6-13-7-15(16)10-17(8-13,9-14)20-11-12-4-2-1-3-5-12/h1-5,13-16H,6-11H2. The van der Waals surface area contributed by atoms with Crippen LogP contribution < -0.4 is 0 Å². The van der Waals surface area contributed by atoms with E-state index in [4.69, 9.17) is 4.74 Å². The van der Waals surface area contributed by atoms with E-state index in [1.54, 1.807) is 0 Å². The highest BCUT2D eigenvalue weighted by atomic mass is 16.5. The Morgan fingerprint density at radius 1 is 1.10 bits per heavy atom. The number of ether oxygens (including phenoxy) is 1. The summed E-state index contributed by atoms with van der Waals surface area (Å²) < 4.78 is 6.38. The van der Waals surface area contributed by atoms with Gasteiger partial charge in [-0.25, -0.2) is 0 Å². The highest BCUT2D eigenvalue weighted by Crippen LogP contribution is 2.58. The molecule has 2 unspecified atom stereocenters. The second-order valence-electron chi connectivity index (χ2n) is 7.02. The first-order chi connectivity index (χ1) is 9.78. The molecule has 4 fully saturated rings. The Morgan fingerprint density at radius 3 is 2.45 bits per heavy atom. The third-order valence-corrected chi connectivity index (χ3v) is 5.68. The van der Waals surface area contributed by atoms with Gasteiger partial charge in [0.1, 0.15) is 0 Å². The van der Waals surface area contributed by atoms with Crippen molar-refractivity contribution in [2.24, 2.45) is 22.9 Å². The van der Waals surface area contributed by atoms with Crippen LogP contribution in [0.3, 0.4) is 0 Å². The van der Waals surface area contributed by atoms with Crippen LogP contribution in [-0.4, -0.2) is 11.6 Å². The molecular formula is C17H21NO2. The van der Waals surface area contributed by atoms with Crippen molar-refractivity contribution >= 4 is 0 Å². The molecule has 3 nitrogen and oxygen atoms in total. The molecule has 4 aliphatic carbocycles. The molecule has 106 valence electrons. The fourth-order valence-electron chi connectivity index (χ4n) is 5.08. The van der Waals surface area contributed by atoms with Gasteiger partial charge in [0.15, 0.2) is 0 Å². The molecule has 4 saturated carbocycles. The number of rotatable bonds is 4. The first kappa shape index (κ1) is 12.5. The zero-order chi connectivity index (χ0) is 13.6. The first-order valence-corrected chi connectivity index (χ1v) is 7.78. The van der Waals surface area contributed by atoms with E-state index in [9.17, 15) is 4.91 Å². The van der Waals surface area contributed by atoms with Crippen LogP contribution in [-0.2, 0) is 11.3 Å². The zero-order valence-electron chi connectivity index (χ0n) is 11.7. The van der Waals surface area contributed by atoms with Gasteiger partial charge in [-0.2, -0.15) is 4.91 Å². The van der Waals surface area contributed by atoms with Gasteiger partial charge in [0.05, 0.1) is 18.2 Å². The fourth-order valence-corrected chi connectivity index (χ4v) is 5.08. The van der Waals surface area contributed by atoms with Crippen molar-refractivity contribution in [2.45, 2.75) is 50.4 Å². The molecule has 4 aliphatic rings. The van der Waals surface area contributed by atoms with E-state index < -0.39 is 0 Å². The summed E-state index contributed by atoms with van der Waals surface area (Å²) in [5.41, 5.74) is 1.28. The van der Waals surface area contributed by atoms with Crippen LogP contribution in [0.5, 0.6) is 0 Å². The minimum Gasteiger partial charge on any atom is -0.370 e. The second kappa shape index (κ2) is 4.66. The number of nitrogens with zero attached hydrogens (tertiary/aromatic N) is 1. The molecule has 4 bridgehead atoms. The largest absolute Gasteiger partial charge is 0.370 e. The number of hydrogen-bond donors (Lipinski definition) is 0. The monoisotopic (exact) mass is 271 g/mol. The highest BCUT2D eigenvalue weighted by molar-refractivity contribution is 5.14. The molecule has 0 aliphatic heterocycles. The van der Waals surface area contributed by atoms with Crippen LogP contribution >= 0.6 is 0 Å². The Bertz CT molecular complexity index is 485. The number of hydrogen-bond acceptors (Lipinski definition) is 3. The molecular weight excluding hydrogens is 250 g/mol. The van der Waals surface area contributed by atoms with Crippen LogP contribution in [0.25, 0.3) is 0 Å². The lowest BCUT2D eigenvalue weighted by Crippen LogP contribution is -2.57. The summed E-state index contributed by atoms with van der Waals surface area (Å²) in [5.74, 6) is 1.73. The van der Waals surface area contributed by atoms with Gasteiger partial charge < -0.3 is 4.74 Å². The smallest absolute Gasteiger partial charge is 0.0978 e. The van der Waals surface area contributed by atoms with Gasteiger partial charge in [-0.05, 0) is 55.4 Å². The van der Waals surface area contributed by atoms with E-state index in [1.807, 2.05) is 6.07 Å². The van der Waals surface area contributed by atoms with Crippen molar-refractivity contribution in [1.82, 2.24) is 0 Å². The summed E-state index contributed by atoms with van der Waals surface area (Å²) in [4.78, 5) is 11.1. The molecule has 5 rings (SSSR count). The van der Waals surface area contributed by atoms with Gasteiger partial charge in [-0.15, -0.1) is 0 Å². The average molecular weight is 271 g/mol. The van der Waals surface area contributed by atoms with Crippen LogP contribution in [0, 0.1) is 22.7 Å². The predicted molar refractivity (Wildman–Crippen MR) is 77.1 cm³/mol. The zero-order valence-corrected chi connectivity index (χ0v) is 11.7. The van der Waals surface area contributed by atoms with Crippen molar-refractivity contribution < 1.29 is 4.74 Å². The van der Waals surface area contributed by atoms with Crippen LogP contribution in [0.4, 0.5) is 0 Å². The van der Waals surface area contributed by atoms with E-state index >= 15 is 0 Å². The first-order valence-electron chi connectivity index (χ1n) is 7.78. The van der Waals surface area contributed by atoms with Gasteiger partial charge in [0, 0.05) is 0 Å². The van der Waals surface area contributed by atoms with E-state index in [2.05, 4.69) is 29.4 Å². The Balaban J connectivity index is 1.50. The van der Waals surface area contributed by atoms with Crippen LogP contribution in [0.15, 0.2) is 35.5 Å². The molecule has 20 heavy (non-hydrogen) atoms. The Kier molecular flexibility index (Phi) is 2.92. The van der Waals surface area contributed by atoms with Gasteiger partial charge in [0.2, 0.25) is 0 Å². The number of benzene rings is 1. The third kappa shape index (κ3) is 1.99. The van der Waals surface area contributed by atoms with Crippen molar-refractivity contribution in [2.75, 3.05) is 0 Å². The topological polar surface area (TPSA) is 38.7 Å². The molecule has 0 spiro atoms. The molecule has 1 aromatic rings. The molecule has 1 aromatic carbocycles. The minimum absolute atomic E-state index is 0.0352. The third-order valence-electron chi connectivity index (χ3n) is 5.68. The van der Waals surface area contributed by atoms with Gasteiger partial charge in [0.25, 0.3) is 0 Å². The summed E-state index contributed by atoms with van der Waals surface area (Å²) in [7, 11) is 0. The summed E-state index contributed by atoms with van der Waals surface area (Å²) >= 11 is 0. The Labute approximate surface area is 119 Å². The molecule has 0 saturated heterocycles. The predicted octanol–water partition coefficient (Wildman–Crippen LogP) is 3.92. The van der Waals surface area contributed by atoms with Crippen molar-refractivity contribution in [1.29, 1.82) is 0 Å². The molecule has 0 amide bonds. The Morgan fingerprint density at radius 2 is 1.80 bits per heavy atom. The molecule has 0 N–H and O–H groups in total. The lowest BCUT2D eigenvalue weighted by atomic mass is 9.52.